The van der Waals surface area contributed by atoms with E-state index >= 15 is 0 Å². The summed E-state index contributed by atoms with van der Waals surface area (Å²) in [6.45, 7) is 2.69. The highest BCUT2D eigenvalue weighted by Crippen LogP contribution is 2.06. The summed E-state index contributed by atoms with van der Waals surface area (Å²) in [6.07, 6.45) is 5.57. The first-order valence-electron chi connectivity index (χ1n) is 5.60. The van der Waals surface area contributed by atoms with Crippen LogP contribution in [0, 0.1) is 0 Å². The van der Waals surface area contributed by atoms with Gasteiger partial charge in [-0.25, -0.2) is 0 Å². The number of piperidine rings is 1. The molecule has 0 radical (unpaired) electrons. The molecule has 0 bridgehead atoms. The maximum atomic E-state index is 5.34. The average Bonchev–Trinajstić information content (AvgIpc) is 2.33. The first kappa shape index (κ1) is 11.1. The fourth-order valence-corrected chi connectivity index (χ4v) is 1.65. The Morgan fingerprint density at radius 2 is 2.00 bits per heavy atom. The van der Waals surface area contributed by atoms with Crippen LogP contribution in [-0.2, 0) is 11.4 Å². The lowest BCUT2D eigenvalue weighted by Crippen LogP contribution is -2.30. The molecule has 4 heteroatoms. The zero-order chi connectivity index (χ0) is 11.2. The van der Waals surface area contributed by atoms with Crippen LogP contribution in [0.5, 0.6) is 0 Å². The van der Waals surface area contributed by atoms with Crippen molar-refractivity contribution >= 4 is 5.71 Å². The standard InChI is InChI=1S/C12H17N3O/c1-15-8-4-12(5-9-15)14-16-10-11-2-6-13-7-3-11/h2-3,6-7H,4-5,8-10H2,1H3. The molecule has 0 atom stereocenters. The predicted octanol–water partition coefficient (Wildman–Crippen LogP) is 1.68. The molecule has 0 N–H and O–H groups in total. The van der Waals surface area contributed by atoms with E-state index < -0.39 is 0 Å². The van der Waals surface area contributed by atoms with Crippen molar-refractivity contribution in [2.75, 3.05) is 20.1 Å². The molecule has 4 nitrogen and oxygen atoms in total. The Bertz CT molecular complexity index is 341. The minimum atomic E-state index is 0.530. The van der Waals surface area contributed by atoms with E-state index in [0.717, 1.165) is 31.5 Å². The zero-order valence-electron chi connectivity index (χ0n) is 9.59. The van der Waals surface area contributed by atoms with Crippen LogP contribution < -0.4 is 0 Å². The molecule has 1 aliphatic heterocycles. The monoisotopic (exact) mass is 219 g/mol. The van der Waals surface area contributed by atoms with Crippen molar-refractivity contribution in [2.45, 2.75) is 19.4 Å². The lowest BCUT2D eigenvalue weighted by molar-refractivity contribution is 0.127. The third-order valence-corrected chi connectivity index (χ3v) is 2.74. The number of likely N-dealkylation sites (tertiary alicyclic amines) is 1. The molecule has 16 heavy (non-hydrogen) atoms. The summed E-state index contributed by atoms with van der Waals surface area (Å²) in [5, 5.41) is 4.18. The predicted molar refractivity (Wildman–Crippen MR) is 63.2 cm³/mol. The molecule has 1 saturated heterocycles. The van der Waals surface area contributed by atoms with E-state index in [9.17, 15) is 0 Å². The van der Waals surface area contributed by atoms with Crippen LogP contribution in [0.1, 0.15) is 18.4 Å². The van der Waals surface area contributed by atoms with Crippen LogP contribution in [0.2, 0.25) is 0 Å². The molecule has 1 aliphatic rings. The van der Waals surface area contributed by atoms with Crippen LogP contribution >= 0.6 is 0 Å². The molecule has 0 saturated carbocycles. The highest BCUT2D eigenvalue weighted by Gasteiger charge is 2.11. The van der Waals surface area contributed by atoms with Crippen LogP contribution in [0.15, 0.2) is 29.7 Å². The Balaban J connectivity index is 1.77. The summed E-state index contributed by atoms with van der Waals surface area (Å²) in [7, 11) is 2.13. The minimum Gasteiger partial charge on any atom is -0.391 e. The van der Waals surface area contributed by atoms with Gasteiger partial charge >= 0.3 is 0 Å². The third kappa shape index (κ3) is 3.31. The second-order valence-corrected chi connectivity index (χ2v) is 4.09. The first-order valence-corrected chi connectivity index (χ1v) is 5.60. The second-order valence-electron chi connectivity index (χ2n) is 4.09. The minimum absolute atomic E-state index is 0.530. The summed E-state index contributed by atoms with van der Waals surface area (Å²) in [6, 6.07) is 3.88. The topological polar surface area (TPSA) is 37.7 Å². The van der Waals surface area contributed by atoms with E-state index in [-0.39, 0.29) is 0 Å². The Morgan fingerprint density at radius 3 is 2.69 bits per heavy atom. The molecule has 1 aromatic rings. The molecule has 2 heterocycles. The highest BCUT2D eigenvalue weighted by atomic mass is 16.6. The van der Waals surface area contributed by atoms with Gasteiger partial charge in [0, 0.05) is 38.3 Å². The van der Waals surface area contributed by atoms with Gasteiger partial charge in [-0.15, -0.1) is 0 Å². The maximum absolute atomic E-state index is 5.34. The van der Waals surface area contributed by atoms with Crippen LogP contribution in [0.4, 0.5) is 0 Å². The van der Waals surface area contributed by atoms with E-state index in [1.165, 1.54) is 5.71 Å². The Kier molecular flexibility index (Phi) is 3.88. The highest BCUT2D eigenvalue weighted by molar-refractivity contribution is 5.84. The number of aromatic nitrogens is 1. The molecule has 1 fully saturated rings. The number of hydrogen-bond donors (Lipinski definition) is 0. The van der Waals surface area contributed by atoms with Crippen molar-refractivity contribution in [3.8, 4) is 0 Å². The van der Waals surface area contributed by atoms with Crippen LogP contribution in [0.25, 0.3) is 0 Å². The molecule has 0 aliphatic carbocycles. The normalized spacial score (nSPS) is 17.2. The van der Waals surface area contributed by atoms with Gasteiger partial charge in [0.1, 0.15) is 6.61 Å². The SMILES string of the molecule is CN1CCC(=NOCc2ccncc2)CC1. The van der Waals surface area contributed by atoms with Crippen molar-refractivity contribution < 1.29 is 4.84 Å². The van der Waals surface area contributed by atoms with Crippen LogP contribution in [-0.4, -0.2) is 35.7 Å². The maximum Gasteiger partial charge on any atom is 0.142 e. The molecule has 0 aromatic carbocycles. The lowest BCUT2D eigenvalue weighted by atomic mass is 10.1. The molecule has 86 valence electrons. The molecular formula is C12H17N3O. The Hall–Kier alpha value is -1.42. The number of rotatable bonds is 3. The smallest absolute Gasteiger partial charge is 0.142 e. The fraction of sp³-hybridized carbons (Fsp3) is 0.500. The van der Waals surface area contributed by atoms with Gasteiger partial charge in [-0.05, 0) is 24.7 Å². The number of nitrogens with zero attached hydrogens (tertiary/aromatic N) is 3. The average molecular weight is 219 g/mol. The fourth-order valence-electron chi connectivity index (χ4n) is 1.65. The Morgan fingerprint density at radius 1 is 1.31 bits per heavy atom. The van der Waals surface area contributed by atoms with Gasteiger partial charge in [-0.2, -0.15) is 0 Å². The van der Waals surface area contributed by atoms with Crippen LogP contribution in [0.3, 0.4) is 0 Å². The first-order chi connectivity index (χ1) is 7.84. The number of hydrogen-bond acceptors (Lipinski definition) is 4. The van der Waals surface area contributed by atoms with Gasteiger partial charge in [0.2, 0.25) is 0 Å². The molecule has 0 unspecified atom stereocenters. The summed E-state index contributed by atoms with van der Waals surface area (Å²) in [4.78, 5) is 11.6. The van der Waals surface area contributed by atoms with E-state index in [2.05, 4.69) is 22.1 Å². The largest absolute Gasteiger partial charge is 0.391 e. The van der Waals surface area contributed by atoms with Crippen molar-refractivity contribution in [3.05, 3.63) is 30.1 Å². The summed E-state index contributed by atoms with van der Waals surface area (Å²) >= 11 is 0. The van der Waals surface area contributed by atoms with E-state index in [4.69, 9.17) is 4.84 Å². The van der Waals surface area contributed by atoms with Crippen molar-refractivity contribution in [2.24, 2.45) is 5.16 Å². The molecule has 0 amide bonds. The molecule has 2 rings (SSSR count). The Labute approximate surface area is 95.9 Å². The van der Waals surface area contributed by atoms with Gasteiger partial charge in [0.25, 0.3) is 0 Å². The summed E-state index contributed by atoms with van der Waals surface area (Å²) in [5.41, 5.74) is 2.28. The summed E-state index contributed by atoms with van der Waals surface area (Å²) < 4.78 is 0. The molecular weight excluding hydrogens is 202 g/mol. The molecule has 1 aromatic heterocycles. The van der Waals surface area contributed by atoms with E-state index in [1.54, 1.807) is 12.4 Å². The van der Waals surface area contributed by atoms with E-state index in [0.29, 0.717) is 6.61 Å². The quantitative estimate of drug-likeness (QED) is 0.726. The lowest BCUT2D eigenvalue weighted by Gasteiger charge is -2.22. The van der Waals surface area contributed by atoms with Gasteiger partial charge in [0.05, 0.1) is 5.71 Å². The number of oxime groups is 1. The van der Waals surface area contributed by atoms with Crippen molar-refractivity contribution in [1.29, 1.82) is 0 Å². The molecule has 0 spiro atoms. The van der Waals surface area contributed by atoms with Crippen molar-refractivity contribution in [1.82, 2.24) is 9.88 Å². The van der Waals surface area contributed by atoms with Gasteiger partial charge in [0.15, 0.2) is 0 Å². The van der Waals surface area contributed by atoms with Gasteiger partial charge < -0.3 is 9.74 Å². The third-order valence-electron chi connectivity index (χ3n) is 2.74. The summed E-state index contributed by atoms with van der Waals surface area (Å²) in [5.74, 6) is 0. The van der Waals surface area contributed by atoms with Gasteiger partial charge in [-0.1, -0.05) is 5.16 Å². The van der Waals surface area contributed by atoms with Crippen molar-refractivity contribution in [3.63, 3.8) is 0 Å². The number of pyridine rings is 1. The van der Waals surface area contributed by atoms with Gasteiger partial charge in [-0.3, -0.25) is 4.98 Å². The van der Waals surface area contributed by atoms with E-state index in [1.807, 2.05) is 12.1 Å². The zero-order valence-corrected chi connectivity index (χ0v) is 9.59. The second kappa shape index (κ2) is 5.61.